The smallest absolute Gasteiger partial charge is 0.268 e. The van der Waals surface area contributed by atoms with Gasteiger partial charge in [0.25, 0.3) is 11.8 Å². The van der Waals surface area contributed by atoms with Gasteiger partial charge >= 0.3 is 0 Å². The van der Waals surface area contributed by atoms with Crippen molar-refractivity contribution >= 4 is 29.5 Å². The first-order valence-electron chi connectivity index (χ1n) is 17.0. The fourth-order valence-electron chi connectivity index (χ4n) is 11.0. The van der Waals surface area contributed by atoms with Crippen molar-refractivity contribution in [2.24, 2.45) is 51.5 Å². The van der Waals surface area contributed by atoms with Gasteiger partial charge in [0.15, 0.2) is 0 Å². The highest BCUT2D eigenvalue weighted by atomic mass is 32.2. The van der Waals surface area contributed by atoms with E-state index in [0.29, 0.717) is 48.2 Å². The monoisotopic (exact) mass is 642 g/mol. The van der Waals surface area contributed by atoms with Crippen molar-refractivity contribution < 1.29 is 24.6 Å². The topological polar surface area (TPSA) is 168 Å². The van der Waals surface area contributed by atoms with E-state index in [4.69, 9.17) is 5.53 Å². The molecule has 12 heteroatoms. The number of nitrogens with one attached hydrogen (secondary N) is 2. The van der Waals surface area contributed by atoms with Gasteiger partial charge in [0, 0.05) is 17.1 Å². The molecule has 3 amide bonds. The fourth-order valence-corrected chi connectivity index (χ4v) is 12.3. The fraction of sp³-hybridized carbons (Fsp3) is 0.848. The van der Waals surface area contributed by atoms with Gasteiger partial charge in [0.2, 0.25) is 5.91 Å². The number of aliphatic hydroxyl groups is 2. The Labute approximate surface area is 270 Å². The lowest BCUT2D eigenvalue weighted by molar-refractivity contribution is -0.175. The third kappa shape index (κ3) is 5.37. The van der Waals surface area contributed by atoms with Crippen LogP contribution in [0.1, 0.15) is 91.9 Å². The van der Waals surface area contributed by atoms with Crippen LogP contribution in [0.5, 0.6) is 0 Å². The van der Waals surface area contributed by atoms with Gasteiger partial charge in [0.05, 0.1) is 18.9 Å². The SMILES string of the molecule is CC1=C(C(=O)NCN=[N+]=[N-])N2C(=O)C(NC(=O)CC[C@@H](C)[C@H]3CC[C@H]4[C@@H]5CC[C@@H]6C[C@H](O)CC[C@]6(C)[C@H]5C[C@H](O)[C@]34C)C2SC1. The summed E-state index contributed by atoms with van der Waals surface area (Å²) in [5.41, 5.74) is 9.58. The molecule has 11 nitrogen and oxygen atoms in total. The van der Waals surface area contributed by atoms with E-state index >= 15 is 0 Å². The molecule has 0 aromatic carbocycles. The molecule has 4 N–H and O–H groups in total. The zero-order valence-electron chi connectivity index (χ0n) is 27.1. The van der Waals surface area contributed by atoms with Crippen molar-refractivity contribution in [3.63, 3.8) is 0 Å². The Hall–Kier alpha value is -2.27. The molecule has 6 rings (SSSR count). The van der Waals surface area contributed by atoms with Gasteiger partial charge < -0.3 is 20.8 Å². The lowest BCUT2D eigenvalue weighted by Crippen LogP contribution is -2.70. The average molecular weight is 643 g/mol. The molecule has 2 heterocycles. The Balaban J connectivity index is 1.05. The number of amides is 3. The van der Waals surface area contributed by atoms with E-state index in [1.807, 2.05) is 0 Å². The highest BCUT2D eigenvalue weighted by Gasteiger charge is 2.63. The molecular weight excluding hydrogens is 592 g/mol. The Morgan fingerprint density at radius 1 is 1.16 bits per heavy atom. The molecule has 0 aromatic rings. The molecule has 0 bridgehead atoms. The second-order valence-electron chi connectivity index (χ2n) is 15.4. The Morgan fingerprint density at radius 2 is 1.93 bits per heavy atom. The maximum absolute atomic E-state index is 13.2. The highest BCUT2D eigenvalue weighted by Crippen LogP contribution is 2.68. The second kappa shape index (κ2) is 12.4. The van der Waals surface area contributed by atoms with Gasteiger partial charge in [-0.15, -0.1) is 11.8 Å². The van der Waals surface area contributed by atoms with Gasteiger partial charge in [-0.3, -0.25) is 19.3 Å². The zero-order valence-corrected chi connectivity index (χ0v) is 27.9. The third-order valence-electron chi connectivity index (χ3n) is 13.4. The van der Waals surface area contributed by atoms with Crippen LogP contribution in [-0.2, 0) is 14.4 Å². The molecular formula is C33H50N6O5S. The number of fused-ring (bicyclic) bond motifs is 6. The summed E-state index contributed by atoms with van der Waals surface area (Å²) in [6, 6.07) is -0.672. The molecule has 12 atom stereocenters. The summed E-state index contributed by atoms with van der Waals surface area (Å²) in [5, 5.41) is 30.7. The first kappa shape index (κ1) is 32.7. The van der Waals surface area contributed by atoms with Crippen molar-refractivity contribution in [3.05, 3.63) is 21.7 Å². The standard InChI is InChI=1S/C33H50N6O5S/c1-17(5-10-26(42)37-27-30(44)39-28(18(2)15-45-31(27)39)29(43)35-16-36-38-34)22-8-9-23-21-7-6-19-13-20(40)11-12-32(19,3)24(21)14-25(41)33(22,23)4/h17,19-25,27,31,40-41H,5-16H2,1-4H3,(H,35,43)(H,37,42)/t17-,19-,20-,21+,22-,23+,24+,25+,27?,31?,32+,33-/m1/s1. The molecule has 0 spiro atoms. The van der Waals surface area contributed by atoms with Crippen molar-refractivity contribution in [2.45, 2.75) is 116 Å². The lowest BCUT2D eigenvalue weighted by Gasteiger charge is -2.62. The van der Waals surface area contributed by atoms with E-state index in [1.165, 1.54) is 29.5 Å². The molecule has 45 heavy (non-hydrogen) atoms. The zero-order chi connectivity index (χ0) is 32.3. The summed E-state index contributed by atoms with van der Waals surface area (Å²) >= 11 is 1.53. The molecule has 248 valence electrons. The van der Waals surface area contributed by atoms with Gasteiger partial charge in [-0.05, 0) is 122 Å². The average Bonchev–Trinajstić information content (AvgIpc) is 3.38. The number of rotatable bonds is 8. The van der Waals surface area contributed by atoms with E-state index in [9.17, 15) is 24.6 Å². The maximum atomic E-state index is 13.2. The van der Waals surface area contributed by atoms with Crippen LogP contribution in [0.4, 0.5) is 0 Å². The van der Waals surface area contributed by atoms with Crippen LogP contribution < -0.4 is 10.6 Å². The summed E-state index contributed by atoms with van der Waals surface area (Å²) in [6.07, 6.45) is 8.80. The Morgan fingerprint density at radius 3 is 2.69 bits per heavy atom. The van der Waals surface area contributed by atoms with Crippen molar-refractivity contribution in [3.8, 4) is 0 Å². The third-order valence-corrected chi connectivity index (χ3v) is 14.8. The number of thioether (sulfide) groups is 1. The summed E-state index contributed by atoms with van der Waals surface area (Å²) in [5.74, 6) is 2.45. The molecule has 4 saturated carbocycles. The number of hydrogen-bond donors (Lipinski definition) is 4. The van der Waals surface area contributed by atoms with E-state index < -0.39 is 11.9 Å². The molecule has 2 aliphatic heterocycles. The first-order chi connectivity index (χ1) is 21.4. The van der Waals surface area contributed by atoms with E-state index in [2.05, 4.69) is 41.4 Å². The number of aliphatic hydroxyl groups excluding tert-OH is 2. The van der Waals surface area contributed by atoms with Crippen LogP contribution in [0.25, 0.3) is 10.4 Å². The lowest BCUT2D eigenvalue weighted by atomic mass is 9.43. The molecule has 2 unspecified atom stereocenters. The summed E-state index contributed by atoms with van der Waals surface area (Å²) < 4.78 is 0. The van der Waals surface area contributed by atoms with E-state index in [0.717, 1.165) is 44.1 Å². The van der Waals surface area contributed by atoms with Crippen LogP contribution in [0.2, 0.25) is 0 Å². The van der Waals surface area contributed by atoms with Crippen LogP contribution in [-0.4, -0.2) is 68.9 Å². The number of carbonyl (C=O) groups is 3. The minimum absolute atomic E-state index is 0.155. The van der Waals surface area contributed by atoms with Crippen molar-refractivity contribution in [1.82, 2.24) is 15.5 Å². The summed E-state index contributed by atoms with van der Waals surface area (Å²) in [4.78, 5) is 43.0. The Kier molecular flexibility index (Phi) is 9.00. The molecule has 4 aliphatic carbocycles. The van der Waals surface area contributed by atoms with E-state index in [1.54, 1.807) is 6.92 Å². The predicted molar refractivity (Wildman–Crippen MR) is 171 cm³/mol. The van der Waals surface area contributed by atoms with Gasteiger partial charge in [-0.2, -0.15) is 0 Å². The number of hydrogen-bond acceptors (Lipinski definition) is 7. The highest BCUT2D eigenvalue weighted by molar-refractivity contribution is 8.00. The molecule has 1 saturated heterocycles. The molecule has 0 radical (unpaired) electrons. The minimum atomic E-state index is -0.672. The largest absolute Gasteiger partial charge is 0.393 e. The number of carbonyl (C=O) groups excluding carboxylic acids is 3. The van der Waals surface area contributed by atoms with Crippen LogP contribution in [0, 0.1) is 46.3 Å². The van der Waals surface area contributed by atoms with Gasteiger partial charge in [0.1, 0.15) is 17.1 Å². The predicted octanol–water partition coefficient (Wildman–Crippen LogP) is 4.45. The summed E-state index contributed by atoms with van der Waals surface area (Å²) in [7, 11) is 0. The molecule has 6 aliphatic rings. The van der Waals surface area contributed by atoms with Gasteiger partial charge in [-0.25, -0.2) is 0 Å². The summed E-state index contributed by atoms with van der Waals surface area (Å²) in [6.45, 7) is 8.60. The minimum Gasteiger partial charge on any atom is -0.393 e. The van der Waals surface area contributed by atoms with E-state index in [-0.39, 0.29) is 58.5 Å². The van der Waals surface area contributed by atoms with Crippen LogP contribution in [0.15, 0.2) is 16.4 Å². The van der Waals surface area contributed by atoms with Crippen molar-refractivity contribution in [1.29, 1.82) is 0 Å². The normalized spacial score (nSPS) is 42.7. The number of β-lactam (4-membered cyclic amide) rings is 1. The quantitative estimate of drug-likeness (QED) is 0.132. The molecule has 0 aromatic heterocycles. The Bertz CT molecular complexity index is 1300. The number of azide groups is 1. The van der Waals surface area contributed by atoms with Crippen LogP contribution >= 0.6 is 11.8 Å². The van der Waals surface area contributed by atoms with Gasteiger partial charge in [-0.1, -0.05) is 25.9 Å². The first-order valence-corrected chi connectivity index (χ1v) is 18.1. The number of nitrogens with zero attached hydrogens (tertiary/aromatic N) is 4. The van der Waals surface area contributed by atoms with Crippen molar-refractivity contribution in [2.75, 3.05) is 12.4 Å². The second-order valence-corrected chi connectivity index (χ2v) is 16.5. The maximum Gasteiger partial charge on any atom is 0.268 e. The molecule has 5 fully saturated rings. The van der Waals surface area contributed by atoms with Crippen LogP contribution in [0.3, 0.4) is 0 Å².